The third kappa shape index (κ3) is 4.62. The number of aromatic nitrogens is 4. The summed E-state index contributed by atoms with van der Waals surface area (Å²) < 4.78 is 41.6. The monoisotopic (exact) mass is 457 g/mol. The molecule has 3 aromatic rings. The van der Waals surface area contributed by atoms with Crippen LogP contribution in [0, 0.1) is 0 Å². The van der Waals surface area contributed by atoms with Crippen LogP contribution in [0.15, 0.2) is 36.5 Å². The van der Waals surface area contributed by atoms with Crippen LogP contribution in [0.2, 0.25) is 10.0 Å². The molecule has 30 heavy (non-hydrogen) atoms. The van der Waals surface area contributed by atoms with Crippen molar-refractivity contribution in [1.29, 1.82) is 0 Å². The molecule has 1 aliphatic carbocycles. The van der Waals surface area contributed by atoms with E-state index in [2.05, 4.69) is 15.5 Å². The second-order valence-electron chi connectivity index (χ2n) is 7.05. The molecule has 0 spiro atoms. The van der Waals surface area contributed by atoms with Gasteiger partial charge in [0.25, 0.3) is 0 Å². The number of carbonyl (C=O) groups is 1. The van der Waals surface area contributed by atoms with E-state index in [0.29, 0.717) is 17.3 Å². The van der Waals surface area contributed by atoms with E-state index in [0.717, 1.165) is 29.2 Å². The number of hydrogen-bond acceptors (Lipinski definition) is 3. The molecule has 1 amide bonds. The van der Waals surface area contributed by atoms with E-state index < -0.39 is 17.8 Å². The summed E-state index contributed by atoms with van der Waals surface area (Å²) in [6.45, 7) is -0.0230. The van der Waals surface area contributed by atoms with Crippen molar-refractivity contribution in [1.82, 2.24) is 19.6 Å². The van der Waals surface area contributed by atoms with Crippen molar-refractivity contribution in [3.05, 3.63) is 63.5 Å². The maximum absolute atomic E-state index is 13.0. The first kappa shape index (κ1) is 20.7. The van der Waals surface area contributed by atoms with Gasteiger partial charge >= 0.3 is 6.18 Å². The summed E-state index contributed by atoms with van der Waals surface area (Å²) in [6, 6.07) is 8.25. The molecule has 158 valence electrons. The Hall–Kier alpha value is -2.52. The average Bonchev–Trinajstić information content (AvgIpc) is 3.33. The van der Waals surface area contributed by atoms with Gasteiger partial charge in [-0.25, -0.2) is 0 Å². The SMILES string of the molecule is O=C(Cn1nc(C(F)(F)F)cc1C1CC1)Nc1nn(Cc2ccccc2Cl)cc1Cl. The summed E-state index contributed by atoms with van der Waals surface area (Å²) in [5.74, 6) is -0.455. The molecule has 0 bridgehead atoms. The normalized spacial score (nSPS) is 14.2. The Morgan fingerprint density at radius 1 is 1.17 bits per heavy atom. The molecule has 6 nitrogen and oxygen atoms in total. The van der Waals surface area contributed by atoms with Crippen molar-refractivity contribution in [2.24, 2.45) is 0 Å². The molecule has 0 radical (unpaired) electrons. The molecule has 2 aromatic heterocycles. The van der Waals surface area contributed by atoms with Crippen LogP contribution in [0.4, 0.5) is 19.0 Å². The Morgan fingerprint density at radius 3 is 2.57 bits per heavy atom. The molecule has 0 atom stereocenters. The number of nitrogens with zero attached hydrogens (tertiary/aromatic N) is 4. The molecule has 0 aliphatic heterocycles. The summed E-state index contributed by atoms with van der Waals surface area (Å²) in [5.41, 5.74) is 0.230. The molecule has 1 aliphatic rings. The molecule has 11 heteroatoms. The predicted molar refractivity (Wildman–Crippen MR) is 106 cm³/mol. The lowest BCUT2D eigenvalue weighted by molar-refractivity contribution is -0.141. The van der Waals surface area contributed by atoms with E-state index in [1.54, 1.807) is 6.07 Å². The van der Waals surface area contributed by atoms with Crippen molar-refractivity contribution < 1.29 is 18.0 Å². The first-order chi connectivity index (χ1) is 14.2. The number of halogens is 5. The van der Waals surface area contributed by atoms with E-state index >= 15 is 0 Å². The van der Waals surface area contributed by atoms with Gasteiger partial charge in [-0.3, -0.25) is 14.2 Å². The number of rotatable bonds is 6. The average molecular weight is 458 g/mol. The van der Waals surface area contributed by atoms with Crippen molar-refractivity contribution in [2.45, 2.75) is 38.0 Å². The van der Waals surface area contributed by atoms with Crippen LogP contribution in [-0.4, -0.2) is 25.5 Å². The van der Waals surface area contributed by atoms with Gasteiger partial charge in [0, 0.05) is 22.8 Å². The largest absolute Gasteiger partial charge is 0.435 e. The Labute approximate surface area is 179 Å². The van der Waals surface area contributed by atoms with E-state index in [1.165, 1.54) is 10.9 Å². The Balaban J connectivity index is 1.47. The van der Waals surface area contributed by atoms with Gasteiger partial charge in [-0.15, -0.1) is 0 Å². The van der Waals surface area contributed by atoms with Crippen LogP contribution in [0.25, 0.3) is 0 Å². The molecular formula is C19H16Cl2F3N5O. The van der Waals surface area contributed by atoms with E-state index in [9.17, 15) is 18.0 Å². The fourth-order valence-corrected chi connectivity index (χ4v) is 3.47. The molecule has 0 unspecified atom stereocenters. The van der Waals surface area contributed by atoms with Gasteiger partial charge in [0.1, 0.15) is 11.6 Å². The summed E-state index contributed by atoms with van der Waals surface area (Å²) in [5, 5.41) is 11.1. The molecule has 1 aromatic carbocycles. The topological polar surface area (TPSA) is 64.7 Å². The highest BCUT2D eigenvalue weighted by molar-refractivity contribution is 6.33. The number of amides is 1. The van der Waals surface area contributed by atoms with Crippen LogP contribution >= 0.6 is 23.2 Å². The van der Waals surface area contributed by atoms with Gasteiger partial charge in [0.05, 0.1) is 6.54 Å². The number of carbonyl (C=O) groups excluding carboxylic acids is 1. The first-order valence-electron chi connectivity index (χ1n) is 9.12. The van der Waals surface area contributed by atoms with Gasteiger partial charge in [-0.2, -0.15) is 23.4 Å². The van der Waals surface area contributed by atoms with Gasteiger partial charge in [-0.05, 0) is 30.5 Å². The fourth-order valence-electron chi connectivity index (χ4n) is 3.08. The second kappa shape index (κ2) is 7.96. The Kier molecular flexibility index (Phi) is 5.50. The van der Waals surface area contributed by atoms with E-state index in [-0.39, 0.29) is 23.3 Å². The van der Waals surface area contributed by atoms with Crippen molar-refractivity contribution in [3.8, 4) is 0 Å². The molecule has 4 rings (SSSR count). The quantitative estimate of drug-likeness (QED) is 0.568. The number of anilines is 1. The van der Waals surface area contributed by atoms with Crippen LogP contribution in [0.1, 0.15) is 35.7 Å². The highest BCUT2D eigenvalue weighted by atomic mass is 35.5. The highest BCUT2D eigenvalue weighted by Gasteiger charge is 2.38. The second-order valence-corrected chi connectivity index (χ2v) is 7.86. The summed E-state index contributed by atoms with van der Waals surface area (Å²) in [7, 11) is 0. The molecule has 0 saturated heterocycles. The fraction of sp³-hybridized carbons (Fsp3) is 0.316. The minimum Gasteiger partial charge on any atom is -0.306 e. The van der Waals surface area contributed by atoms with Crippen molar-refractivity contribution in [3.63, 3.8) is 0 Å². The van der Waals surface area contributed by atoms with Gasteiger partial charge in [0.2, 0.25) is 5.91 Å². The Morgan fingerprint density at radius 2 is 1.90 bits per heavy atom. The summed E-state index contributed by atoms with van der Waals surface area (Å²) >= 11 is 12.3. The first-order valence-corrected chi connectivity index (χ1v) is 9.87. The maximum Gasteiger partial charge on any atom is 0.435 e. The van der Waals surface area contributed by atoms with Crippen molar-refractivity contribution >= 4 is 34.9 Å². The maximum atomic E-state index is 13.0. The number of alkyl halides is 3. The number of nitrogens with one attached hydrogen (secondary N) is 1. The minimum absolute atomic E-state index is 0.000169. The zero-order valence-electron chi connectivity index (χ0n) is 15.5. The third-order valence-electron chi connectivity index (χ3n) is 4.66. The highest BCUT2D eigenvalue weighted by Crippen LogP contribution is 2.42. The number of hydrogen-bond donors (Lipinski definition) is 1. The van der Waals surface area contributed by atoms with Crippen LogP contribution in [0.5, 0.6) is 0 Å². The van der Waals surface area contributed by atoms with E-state index in [4.69, 9.17) is 23.2 Å². The smallest absolute Gasteiger partial charge is 0.306 e. The zero-order valence-corrected chi connectivity index (χ0v) is 17.0. The third-order valence-corrected chi connectivity index (χ3v) is 5.30. The lowest BCUT2D eigenvalue weighted by Gasteiger charge is -2.07. The molecule has 2 heterocycles. The van der Waals surface area contributed by atoms with Gasteiger partial charge in [-0.1, -0.05) is 41.4 Å². The molecule has 1 N–H and O–H groups in total. The minimum atomic E-state index is -4.56. The van der Waals surface area contributed by atoms with Crippen LogP contribution in [-0.2, 0) is 24.1 Å². The van der Waals surface area contributed by atoms with Crippen LogP contribution < -0.4 is 5.32 Å². The summed E-state index contributed by atoms with van der Waals surface area (Å²) in [6.07, 6.45) is -1.47. The lowest BCUT2D eigenvalue weighted by Crippen LogP contribution is -2.21. The molecular weight excluding hydrogens is 442 g/mol. The molecule has 1 fully saturated rings. The zero-order chi connectivity index (χ0) is 21.5. The van der Waals surface area contributed by atoms with Crippen LogP contribution in [0.3, 0.4) is 0 Å². The Bertz CT molecular complexity index is 1090. The van der Waals surface area contributed by atoms with Gasteiger partial charge in [0.15, 0.2) is 11.5 Å². The molecule has 1 saturated carbocycles. The van der Waals surface area contributed by atoms with Gasteiger partial charge < -0.3 is 5.32 Å². The standard InChI is InChI=1S/C19H16Cl2F3N5O/c20-13-4-2-1-3-12(13)8-28-9-14(21)18(27-28)25-17(30)10-29-15(11-5-6-11)7-16(26-29)19(22,23)24/h1-4,7,9,11H,5-6,8,10H2,(H,25,27,30). The lowest BCUT2D eigenvalue weighted by atomic mass is 10.2. The summed E-state index contributed by atoms with van der Waals surface area (Å²) in [4.78, 5) is 12.4. The van der Waals surface area contributed by atoms with Crippen molar-refractivity contribution in [2.75, 3.05) is 5.32 Å². The van der Waals surface area contributed by atoms with E-state index in [1.807, 2.05) is 18.2 Å². The number of benzene rings is 1. The predicted octanol–water partition coefficient (Wildman–Crippen LogP) is 4.97.